The molecule has 1 atom stereocenters. The molecule has 0 spiro atoms. The fraction of sp³-hybridized carbons (Fsp3) is 0.286. The molecule has 3 aromatic rings. The molecular formula is C21H23ClN4O2. The van der Waals surface area contributed by atoms with Gasteiger partial charge in [-0.2, -0.15) is 0 Å². The molecule has 1 saturated heterocycles. The van der Waals surface area contributed by atoms with Crippen LogP contribution in [0.1, 0.15) is 17.2 Å². The van der Waals surface area contributed by atoms with Crippen molar-refractivity contribution in [3.8, 4) is 11.3 Å². The number of rotatable bonds is 3. The van der Waals surface area contributed by atoms with Crippen LogP contribution in [0.15, 0.2) is 59.7 Å². The van der Waals surface area contributed by atoms with Gasteiger partial charge in [0.1, 0.15) is 6.10 Å². The Morgan fingerprint density at radius 2 is 1.93 bits per heavy atom. The number of benzene rings is 1. The standard InChI is InChI=1S/C21H22N4O2.ClH/c1-15-4-3-5-17(12-15)19-14-25(10-11-27-19)21-23-18(13-20(26)24(21)2)16-6-8-22-9-7-16;/h3-9,12-13,19H,10-11,14H2,1-2H3;1H/t19-;/m0./s1. The fourth-order valence-corrected chi connectivity index (χ4v) is 3.38. The summed E-state index contributed by atoms with van der Waals surface area (Å²) < 4.78 is 7.59. The first kappa shape index (κ1) is 20.0. The lowest BCUT2D eigenvalue weighted by Crippen LogP contribution is -2.41. The average Bonchev–Trinajstić information content (AvgIpc) is 2.71. The predicted octanol–water partition coefficient (Wildman–Crippen LogP) is 3.15. The van der Waals surface area contributed by atoms with Crippen LogP contribution in [-0.2, 0) is 11.8 Å². The Bertz CT molecular complexity index is 1010. The number of anilines is 1. The monoisotopic (exact) mass is 398 g/mol. The Hall–Kier alpha value is -2.70. The first-order valence-electron chi connectivity index (χ1n) is 9.03. The van der Waals surface area contributed by atoms with Crippen molar-refractivity contribution in [3.05, 3.63) is 76.3 Å². The molecule has 0 N–H and O–H groups in total. The van der Waals surface area contributed by atoms with Gasteiger partial charge in [0.2, 0.25) is 5.95 Å². The minimum absolute atomic E-state index is 0. The van der Waals surface area contributed by atoms with Crippen molar-refractivity contribution in [2.24, 2.45) is 7.05 Å². The Morgan fingerprint density at radius 1 is 1.14 bits per heavy atom. The largest absolute Gasteiger partial charge is 0.370 e. The Kier molecular flexibility index (Phi) is 6.11. The summed E-state index contributed by atoms with van der Waals surface area (Å²) in [5, 5.41) is 0. The van der Waals surface area contributed by atoms with E-state index in [1.807, 2.05) is 18.2 Å². The Morgan fingerprint density at radius 3 is 2.68 bits per heavy atom. The van der Waals surface area contributed by atoms with Crippen LogP contribution in [0, 0.1) is 6.92 Å². The van der Waals surface area contributed by atoms with Crippen LogP contribution >= 0.6 is 12.4 Å². The summed E-state index contributed by atoms with van der Waals surface area (Å²) in [6.45, 7) is 4.02. The highest BCUT2D eigenvalue weighted by Crippen LogP contribution is 2.26. The number of aryl methyl sites for hydroxylation is 1. The van der Waals surface area contributed by atoms with Gasteiger partial charge >= 0.3 is 0 Å². The lowest BCUT2D eigenvalue weighted by Gasteiger charge is -2.34. The molecular weight excluding hydrogens is 376 g/mol. The van der Waals surface area contributed by atoms with Crippen molar-refractivity contribution in [2.75, 3.05) is 24.6 Å². The topological polar surface area (TPSA) is 60.2 Å². The summed E-state index contributed by atoms with van der Waals surface area (Å²) >= 11 is 0. The second kappa shape index (κ2) is 8.54. The zero-order valence-corrected chi connectivity index (χ0v) is 16.7. The first-order chi connectivity index (χ1) is 13.1. The maximum Gasteiger partial charge on any atom is 0.255 e. The van der Waals surface area contributed by atoms with E-state index in [0.29, 0.717) is 31.3 Å². The number of nitrogens with zero attached hydrogens (tertiary/aromatic N) is 4. The van der Waals surface area contributed by atoms with Crippen molar-refractivity contribution in [3.63, 3.8) is 0 Å². The van der Waals surface area contributed by atoms with Crippen molar-refractivity contribution in [1.29, 1.82) is 0 Å². The van der Waals surface area contributed by atoms with E-state index in [-0.39, 0.29) is 24.1 Å². The van der Waals surface area contributed by atoms with Crippen molar-refractivity contribution in [1.82, 2.24) is 14.5 Å². The van der Waals surface area contributed by atoms with Gasteiger partial charge in [-0.1, -0.05) is 29.8 Å². The third kappa shape index (κ3) is 4.08. The summed E-state index contributed by atoms with van der Waals surface area (Å²) in [5.74, 6) is 0.662. The summed E-state index contributed by atoms with van der Waals surface area (Å²) in [5.41, 5.74) is 3.82. The maximum atomic E-state index is 12.5. The fourth-order valence-electron chi connectivity index (χ4n) is 3.38. The summed E-state index contributed by atoms with van der Waals surface area (Å²) in [7, 11) is 1.76. The molecule has 0 bridgehead atoms. The summed E-state index contributed by atoms with van der Waals surface area (Å²) in [6.07, 6.45) is 3.37. The molecule has 3 heterocycles. The minimum atomic E-state index is -0.0783. The Balaban J connectivity index is 0.00000225. The van der Waals surface area contributed by atoms with Crippen LogP contribution in [0.4, 0.5) is 5.95 Å². The van der Waals surface area contributed by atoms with E-state index in [4.69, 9.17) is 9.72 Å². The zero-order chi connectivity index (χ0) is 18.8. The van der Waals surface area contributed by atoms with Crippen LogP contribution in [-0.4, -0.2) is 34.2 Å². The molecule has 0 unspecified atom stereocenters. The van der Waals surface area contributed by atoms with Crippen molar-refractivity contribution < 1.29 is 4.74 Å². The molecule has 0 saturated carbocycles. The Labute approximate surface area is 170 Å². The minimum Gasteiger partial charge on any atom is -0.370 e. The average molecular weight is 399 g/mol. The van der Waals surface area contributed by atoms with Gasteiger partial charge < -0.3 is 9.64 Å². The van der Waals surface area contributed by atoms with Crippen LogP contribution in [0.2, 0.25) is 0 Å². The van der Waals surface area contributed by atoms with E-state index in [9.17, 15) is 4.79 Å². The molecule has 1 aliphatic heterocycles. The molecule has 0 amide bonds. The van der Waals surface area contributed by atoms with E-state index < -0.39 is 0 Å². The smallest absolute Gasteiger partial charge is 0.255 e. The van der Waals surface area contributed by atoms with Crippen molar-refractivity contribution in [2.45, 2.75) is 13.0 Å². The number of pyridine rings is 1. The zero-order valence-electron chi connectivity index (χ0n) is 15.9. The molecule has 0 radical (unpaired) electrons. The van der Waals surface area contributed by atoms with Gasteiger partial charge in [-0.3, -0.25) is 14.3 Å². The molecule has 1 fully saturated rings. The number of ether oxygens (including phenoxy) is 1. The molecule has 6 nitrogen and oxygen atoms in total. The molecule has 1 aromatic carbocycles. The highest BCUT2D eigenvalue weighted by molar-refractivity contribution is 5.85. The molecule has 2 aromatic heterocycles. The number of hydrogen-bond acceptors (Lipinski definition) is 5. The van der Waals surface area contributed by atoms with Crippen LogP contribution in [0.3, 0.4) is 0 Å². The third-order valence-electron chi connectivity index (χ3n) is 4.85. The van der Waals surface area contributed by atoms with E-state index in [0.717, 1.165) is 11.1 Å². The van der Waals surface area contributed by atoms with Crippen LogP contribution in [0.25, 0.3) is 11.3 Å². The highest BCUT2D eigenvalue weighted by Gasteiger charge is 2.25. The van der Waals surface area contributed by atoms with Gasteiger partial charge in [-0.05, 0) is 24.6 Å². The number of halogens is 1. The second-order valence-electron chi connectivity index (χ2n) is 6.79. The molecule has 146 valence electrons. The second-order valence-corrected chi connectivity index (χ2v) is 6.79. The third-order valence-corrected chi connectivity index (χ3v) is 4.85. The van der Waals surface area contributed by atoms with Gasteiger partial charge in [-0.15, -0.1) is 12.4 Å². The van der Waals surface area contributed by atoms with E-state index in [1.165, 1.54) is 5.56 Å². The SMILES string of the molecule is Cc1cccc([C@@H]2CN(c3nc(-c4ccncc4)cc(=O)n3C)CCO2)c1.Cl. The molecule has 1 aliphatic rings. The first-order valence-corrected chi connectivity index (χ1v) is 9.03. The quantitative estimate of drug-likeness (QED) is 0.678. The number of aromatic nitrogens is 3. The van der Waals surface area contributed by atoms with Crippen molar-refractivity contribution >= 4 is 18.4 Å². The maximum absolute atomic E-state index is 12.5. The summed E-state index contributed by atoms with van der Waals surface area (Å²) in [4.78, 5) is 23.5. The van der Waals surface area contributed by atoms with Gasteiger partial charge in [-0.25, -0.2) is 4.98 Å². The number of morpholine rings is 1. The van der Waals surface area contributed by atoms with E-state index in [1.54, 1.807) is 30.1 Å². The molecule has 0 aliphatic carbocycles. The van der Waals surface area contributed by atoms with Gasteiger partial charge in [0.15, 0.2) is 0 Å². The molecule has 28 heavy (non-hydrogen) atoms. The number of hydrogen-bond donors (Lipinski definition) is 0. The van der Waals surface area contributed by atoms with E-state index in [2.05, 4.69) is 35.0 Å². The summed E-state index contributed by atoms with van der Waals surface area (Å²) in [6, 6.07) is 13.6. The lowest BCUT2D eigenvalue weighted by molar-refractivity contribution is 0.0389. The predicted molar refractivity (Wildman–Crippen MR) is 112 cm³/mol. The lowest BCUT2D eigenvalue weighted by atomic mass is 10.1. The van der Waals surface area contributed by atoms with E-state index >= 15 is 0 Å². The van der Waals surface area contributed by atoms with Gasteiger partial charge in [0.25, 0.3) is 5.56 Å². The van der Waals surface area contributed by atoms with Crippen LogP contribution < -0.4 is 10.5 Å². The molecule has 7 heteroatoms. The van der Waals surface area contributed by atoms with Crippen LogP contribution in [0.5, 0.6) is 0 Å². The van der Waals surface area contributed by atoms with Gasteiger partial charge in [0.05, 0.1) is 18.8 Å². The van der Waals surface area contributed by atoms with Gasteiger partial charge in [0, 0.05) is 37.6 Å². The highest BCUT2D eigenvalue weighted by atomic mass is 35.5. The molecule has 4 rings (SSSR count). The normalized spacial score (nSPS) is 16.5.